The van der Waals surface area contributed by atoms with Crippen molar-refractivity contribution in [3.63, 3.8) is 0 Å². The van der Waals surface area contributed by atoms with Gasteiger partial charge in [-0.15, -0.1) is 0 Å². The molecule has 1 spiro atoms. The third-order valence-electron chi connectivity index (χ3n) is 4.99. The number of rotatable bonds is 3. The van der Waals surface area contributed by atoms with Gasteiger partial charge in [-0.05, 0) is 49.4 Å². The van der Waals surface area contributed by atoms with Crippen LogP contribution in [0.5, 0.6) is 0 Å². The molecule has 0 aromatic rings. The van der Waals surface area contributed by atoms with Gasteiger partial charge in [0.1, 0.15) is 0 Å². The maximum absolute atomic E-state index is 6.02. The SMILES string of the molecule is CCC(CC)C1CCC2(CC1)CC2N. The second-order valence-corrected chi connectivity index (χ2v) is 5.59. The third kappa shape index (κ3) is 1.71. The first kappa shape index (κ1) is 10.5. The Morgan fingerprint density at radius 3 is 2.07 bits per heavy atom. The standard InChI is InChI=1S/C13H25N/c1-3-10(4-2)11-5-7-13(8-6-11)9-12(13)14/h10-12H,3-9,14H2,1-2H3. The van der Waals surface area contributed by atoms with Gasteiger partial charge in [-0.3, -0.25) is 0 Å². The average Bonchev–Trinajstić information content (AvgIpc) is 2.82. The Morgan fingerprint density at radius 1 is 1.21 bits per heavy atom. The molecule has 0 bridgehead atoms. The number of nitrogens with two attached hydrogens (primary N) is 1. The first-order valence-corrected chi connectivity index (χ1v) is 6.47. The molecule has 2 aliphatic rings. The minimum atomic E-state index is 0.560. The van der Waals surface area contributed by atoms with E-state index in [1.54, 1.807) is 0 Å². The lowest BCUT2D eigenvalue weighted by Crippen LogP contribution is -2.25. The van der Waals surface area contributed by atoms with Crippen LogP contribution < -0.4 is 5.73 Å². The highest BCUT2D eigenvalue weighted by Gasteiger charge is 2.53. The Bertz CT molecular complexity index is 187. The van der Waals surface area contributed by atoms with Crippen LogP contribution in [0.2, 0.25) is 0 Å². The second kappa shape index (κ2) is 3.84. The van der Waals surface area contributed by atoms with Crippen LogP contribution >= 0.6 is 0 Å². The van der Waals surface area contributed by atoms with Gasteiger partial charge in [-0.25, -0.2) is 0 Å². The van der Waals surface area contributed by atoms with E-state index >= 15 is 0 Å². The highest BCUT2D eigenvalue weighted by Crippen LogP contribution is 2.57. The van der Waals surface area contributed by atoms with Crippen LogP contribution in [0.15, 0.2) is 0 Å². The zero-order valence-corrected chi connectivity index (χ0v) is 9.76. The largest absolute Gasteiger partial charge is 0.327 e. The molecular weight excluding hydrogens is 170 g/mol. The van der Waals surface area contributed by atoms with Crippen LogP contribution in [0.4, 0.5) is 0 Å². The van der Waals surface area contributed by atoms with E-state index in [0.717, 1.165) is 11.8 Å². The van der Waals surface area contributed by atoms with E-state index in [-0.39, 0.29) is 0 Å². The Labute approximate surface area is 88.4 Å². The fourth-order valence-electron chi connectivity index (χ4n) is 3.60. The summed E-state index contributed by atoms with van der Waals surface area (Å²) in [6, 6.07) is 0.560. The topological polar surface area (TPSA) is 26.0 Å². The molecule has 82 valence electrons. The third-order valence-corrected chi connectivity index (χ3v) is 4.99. The van der Waals surface area contributed by atoms with Crippen molar-refractivity contribution in [1.82, 2.24) is 0 Å². The van der Waals surface area contributed by atoms with E-state index in [0.29, 0.717) is 11.5 Å². The van der Waals surface area contributed by atoms with Gasteiger partial charge >= 0.3 is 0 Å². The molecule has 0 amide bonds. The predicted molar refractivity (Wildman–Crippen MR) is 61.1 cm³/mol. The Balaban J connectivity index is 1.83. The summed E-state index contributed by atoms with van der Waals surface area (Å²) >= 11 is 0. The van der Waals surface area contributed by atoms with Crippen LogP contribution in [-0.4, -0.2) is 6.04 Å². The summed E-state index contributed by atoms with van der Waals surface area (Å²) < 4.78 is 0. The van der Waals surface area contributed by atoms with E-state index in [1.807, 2.05) is 0 Å². The molecule has 0 heterocycles. The summed E-state index contributed by atoms with van der Waals surface area (Å²) in [4.78, 5) is 0. The summed E-state index contributed by atoms with van der Waals surface area (Å²) in [5.41, 5.74) is 6.65. The molecule has 0 aromatic carbocycles. The van der Waals surface area contributed by atoms with Crippen molar-refractivity contribution in [2.45, 2.75) is 64.8 Å². The summed E-state index contributed by atoms with van der Waals surface area (Å²) in [7, 11) is 0. The lowest BCUT2D eigenvalue weighted by molar-refractivity contribution is 0.180. The van der Waals surface area contributed by atoms with Crippen LogP contribution in [0.25, 0.3) is 0 Å². The fourth-order valence-corrected chi connectivity index (χ4v) is 3.60. The van der Waals surface area contributed by atoms with Gasteiger partial charge in [-0.2, -0.15) is 0 Å². The van der Waals surface area contributed by atoms with Crippen LogP contribution in [0.3, 0.4) is 0 Å². The van der Waals surface area contributed by atoms with Gasteiger partial charge in [0.25, 0.3) is 0 Å². The van der Waals surface area contributed by atoms with Crippen LogP contribution in [0.1, 0.15) is 58.8 Å². The fraction of sp³-hybridized carbons (Fsp3) is 1.00. The van der Waals surface area contributed by atoms with Crippen molar-refractivity contribution >= 4 is 0 Å². The van der Waals surface area contributed by atoms with Crippen molar-refractivity contribution in [1.29, 1.82) is 0 Å². The maximum Gasteiger partial charge on any atom is 0.0102 e. The molecule has 2 saturated carbocycles. The Morgan fingerprint density at radius 2 is 1.71 bits per heavy atom. The molecule has 1 atom stereocenters. The second-order valence-electron chi connectivity index (χ2n) is 5.59. The molecule has 0 aromatic heterocycles. The molecule has 0 aliphatic heterocycles. The summed E-state index contributed by atoms with van der Waals surface area (Å²) in [5, 5.41) is 0. The Hall–Kier alpha value is -0.0400. The van der Waals surface area contributed by atoms with Gasteiger partial charge in [-0.1, -0.05) is 26.7 Å². The van der Waals surface area contributed by atoms with Crippen molar-refractivity contribution in [3.05, 3.63) is 0 Å². The predicted octanol–water partition coefficient (Wildman–Crippen LogP) is 3.33. The summed E-state index contributed by atoms with van der Waals surface area (Å²) in [5.74, 6) is 2.01. The Kier molecular flexibility index (Phi) is 2.88. The monoisotopic (exact) mass is 195 g/mol. The molecular formula is C13H25N. The van der Waals surface area contributed by atoms with E-state index in [4.69, 9.17) is 5.73 Å². The molecule has 2 N–H and O–H groups in total. The van der Waals surface area contributed by atoms with Crippen molar-refractivity contribution in [2.75, 3.05) is 0 Å². The zero-order valence-electron chi connectivity index (χ0n) is 9.76. The first-order valence-electron chi connectivity index (χ1n) is 6.47. The van der Waals surface area contributed by atoms with Gasteiger partial charge in [0, 0.05) is 6.04 Å². The van der Waals surface area contributed by atoms with Gasteiger partial charge < -0.3 is 5.73 Å². The maximum atomic E-state index is 6.02. The lowest BCUT2D eigenvalue weighted by Gasteiger charge is -2.33. The molecule has 1 unspecified atom stereocenters. The molecule has 2 aliphatic carbocycles. The lowest BCUT2D eigenvalue weighted by atomic mass is 9.72. The molecule has 0 saturated heterocycles. The smallest absolute Gasteiger partial charge is 0.0102 e. The van der Waals surface area contributed by atoms with E-state index in [1.165, 1.54) is 44.9 Å². The molecule has 2 rings (SSSR count). The highest BCUT2D eigenvalue weighted by atomic mass is 14.8. The molecule has 2 fully saturated rings. The summed E-state index contributed by atoms with van der Waals surface area (Å²) in [6.45, 7) is 4.70. The van der Waals surface area contributed by atoms with E-state index in [2.05, 4.69) is 13.8 Å². The van der Waals surface area contributed by atoms with Crippen LogP contribution in [-0.2, 0) is 0 Å². The van der Waals surface area contributed by atoms with Crippen molar-refractivity contribution in [2.24, 2.45) is 23.0 Å². The average molecular weight is 195 g/mol. The van der Waals surface area contributed by atoms with Gasteiger partial charge in [0.2, 0.25) is 0 Å². The quantitative estimate of drug-likeness (QED) is 0.734. The molecule has 14 heavy (non-hydrogen) atoms. The van der Waals surface area contributed by atoms with E-state index < -0.39 is 0 Å². The first-order chi connectivity index (χ1) is 6.72. The molecule has 1 heteroatoms. The van der Waals surface area contributed by atoms with E-state index in [9.17, 15) is 0 Å². The normalized spacial score (nSPS) is 42.0. The zero-order chi connectivity index (χ0) is 10.2. The van der Waals surface area contributed by atoms with Gasteiger partial charge in [0.15, 0.2) is 0 Å². The van der Waals surface area contributed by atoms with Crippen molar-refractivity contribution in [3.8, 4) is 0 Å². The minimum absolute atomic E-state index is 0.560. The van der Waals surface area contributed by atoms with Crippen molar-refractivity contribution < 1.29 is 0 Å². The summed E-state index contributed by atoms with van der Waals surface area (Å²) in [6.07, 6.45) is 9.84. The van der Waals surface area contributed by atoms with Gasteiger partial charge in [0.05, 0.1) is 0 Å². The number of hydrogen-bond donors (Lipinski definition) is 1. The number of hydrogen-bond acceptors (Lipinski definition) is 1. The van der Waals surface area contributed by atoms with Crippen LogP contribution in [0, 0.1) is 17.3 Å². The molecule has 0 radical (unpaired) electrons. The molecule has 1 nitrogen and oxygen atoms in total. The highest BCUT2D eigenvalue weighted by molar-refractivity contribution is 5.07. The minimum Gasteiger partial charge on any atom is -0.327 e.